The number of aliphatic hydroxyl groups is 1. The summed E-state index contributed by atoms with van der Waals surface area (Å²) in [7, 11) is 1.56. The Bertz CT molecular complexity index is 1160. The lowest BCUT2D eigenvalue weighted by Crippen LogP contribution is -2.38. The summed E-state index contributed by atoms with van der Waals surface area (Å²) < 4.78 is 10.7. The van der Waals surface area contributed by atoms with E-state index >= 15 is 0 Å². The van der Waals surface area contributed by atoms with Gasteiger partial charge in [0.25, 0.3) is 11.7 Å². The maximum Gasteiger partial charge on any atom is 0.295 e. The van der Waals surface area contributed by atoms with Gasteiger partial charge in [-0.2, -0.15) is 0 Å². The number of hydrogen-bond donors (Lipinski definition) is 1. The van der Waals surface area contributed by atoms with E-state index in [4.69, 9.17) is 32.7 Å². The second-order valence-electron chi connectivity index (χ2n) is 8.65. The van der Waals surface area contributed by atoms with Crippen molar-refractivity contribution in [3.05, 3.63) is 68.7 Å². The molecule has 0 aromatic heterocycles. The topological polar surface area (TPSA) is 79.3 Å². The average molecular weight is 519 g/mol. The van der Waals surface area contributed by atoms with Crippen molar-refractivity contribution in [1.82, 2.24) is 9.80 Å². The number of halogens is 2. The minimum atomic E-state index is -0.782. The van der Waals surface area contributed by atoms with E-state index < -0.39 is 17.7 Å². The lowest BCUT2D eigenvalue weighted by molar-refractivity contribution is -0.140. The molecular formula is C26H28Cl2N2O5. The van der Waals surface area contributed by atoms with Gasteiger partial charge in [-0.15, -0.1) is 0 Å². The fraction of sp³-hybridized carbons (Fsp3) is 0.385. The number of morpholine rings is 1. The van der Waals surface area contributed by atoms with Gasteiger partial charge in [0, 0.05) is 31.7 Å². The highest BCUT2D eigenvalue weighted by Crippen LogP contribution is 2.41. The fourth-order valence-corrected chi connectivity index (χ4v) is 4.91. The van der Waals surface area contributed by atoms with Gasteiger partial charge in [-0.1, -0.05) is 29.3 Å². The quantitative estimate of drug-likeness (QED) is 0.331. The highest BCUT2D eigenvalue weighted by molar-refractivity contribution is 6.47. The number of likely N-dealkylation sites (tertiary alicyclic amines) is 1. The number of carbonyl (C=O) groups excluding carboxylic acids is 2. The summed E-state index contributed by atoms with van der Waals surface area (Å²) in [5.41, 5.74) is 1.82. The number of nitrogens with zero attached hydrogens (tertiary/aromatic N) is 2. The predicted molar refractivity (Wildman–Crippen MR) is 135 cm³/mol. The Morgan fingerprint density at radius 2 is 1.83 bits per heavy atom. The van der Waals surface area contributed by atoms with Crippen molar-refractivity contribution < 1.29 is 24.2 Å². The van der Waals surface area contributed by atoms with Crippen molar-refractivity contribution >= 4 is 40.7 Å². The molecule has 0 spiro atoms. The van der Waals surface area contributed by atoms with Gasteiger partial charge in [-0.05, 0) is 54.8 Å². The molecule has 0 bridgehead atoms. The van der Waals surface area contributed by atoms with E-state index in [0.717, 1.165) is 19.6 Å². The molecule has 2 fully saturated rings. The van der Waals surface area contributed by atoms with Crippen LogP contribution in [0, 0.1) is 6.92 Å². The molecule has 2 aliphatic heterocycles. The van der Waals surface area contributed by atoms with E-state index in [0.29, 0.717) is 58.7 Å². The molecule has 2 aliphatic rings. The maximum atomic E-state index is 13.2. The van der Waals surface area contributed by atoms with E-state index in [1.54, 1.807) is 43.5 Å². The van der Waals surface area contributed by atoms with Crippen LogP contribution in [-0.4, -0.2) is 73.1 Å². The minimum Gasteiger partial charge on any atom is -0.507 e. The van der Waals surface area contributed by atoms with Crippen LogP contribution in [0.15, 0.2) is 42.0 Å². The molecule has 186 valence electrons. The van der Waals surface area contributed by atoms with Crippen LogP contribution in [0.3, 0.4) is 0 Å². The molecule has 2 heterocycles. The minimum absolute atomic E-state index is 0.0352. The Kier molecular flexibility index (Phi) is 8.02. The van der Waals surface area contributed by atoms with Gasteiger partial charge in [0.15, 0.2) is 0 Å². The molecule has 4 rings (SSSR count). The molecule has 0 saturated carbocycles. The second-order valence-corrected chi connectivity index (χ2v) is 9.47. The first-order chi connectivity index (χ1) is 16.8. The van der Waals surface area contributed by atoms with Gasteiger partial charge >= 0.3 is 0 Å². The van der Waals surface area contributed by atoms with Gasteiger partial charge in [-0.25, -0.2) is 0 Å². The van der Waals surface area contributed by atoms with Gasteiger partial charge < -0.3 is 19.5 Å². The standard InChI is InChI=1S/C26H28Cl2N2O5/c1-16-14-18(34-2)5-6-19(16)24(31)22-23(17-4-7-20(27)21(28)15-17)30(26(33)25(22)32)9-3-8-29-10-12-35-13-11-29/h4-7,14-15,23,31H,3,8-13H2,1-2H3/b24-22+. The van der Waals surface area contributed by atoms with Crippen LogP contribution in [0.4, 0.5) is 0 Å². The summed E-state index contributed by atoms with van der Waals surface area (Å²) >= 11 is 12.4. The Morgan fingerprint density at radius 3 is 2.49 bits per heavy atom. The lowest BCUT2D eigenvalue weighted by Gasteiger charge is -2.29. The average Bonchev–Trinajstić information content (AvgIpc) is 3.11. The number of hydrogen-bond acceptors (Lipinski definition) is 6. The molecule has 7 nitrogen and oxygen atoms in total. The first kappa shape index (κ1) is 25.5. The number of methoxy groups -OCH3 is 1. The molecular weight excluding hydrogens is 491 g/mol. The van der Waals surface area contributed by atoms with Crippen LogP contribution in [0.5, 0.6) is 5.75 Å². The van der Waals surface area contributed by atoms with Gasteiger partial charge in [0.2, 0.25) is 0 Å². The molecule has 1 atom stereocenters. The van der Waals surface area contributed by atoms with Crippen molar-refractivity contribution in [3.8, 4) is 5.75 Å². The van der Waals surface area contributed by atoms with E-state index in [-0.39, 0.29) is 11.3 Å². The number of ketones is 1. The molecule has 9 heteroatoms. The molecule has 1 unspecified atom stereocenters. The van der Waals surface area contributed by atoms with Gasteiger partial charge in [0.05, 0.1) is 42.0 Å². The number of amides is 1. The summed E-state index contributed by atoms with van der Waals surface area (Å²) in [5, 5.41) is 12.0. The van der Waals surface area contributed by atoms with Crippen LogP contribution in [0.2, 0.25) is 10.0 Å². The largest absolute Gasteiger partial charge is 0.507 e. The van der Waals surface area contributed by atoms with E-state index in [1.807, 2.05) is 6.92 Å². The molecule has 0 radical (unpaired) electrons. The monoisotopic (exact) mass is 518 g/mol. The predicted octanol–water partition coefficient (Wildman–Crippen LogP) is 4.45. The highest BCUT2D eigenvalue weighted by atomic mass is 35.5. The summed E-state index contributed by atoms with van der Waals surface area (Å²) in [5.74, 6) is -0.963. The molecule has 0 aliphatic carbocycles. The molecule has 35 heavy (non-hydrogen) atoms. The summed E-state index contributed by atoms with van der Waals surface area (Å²) in [6.45, 7) is 6.00. The molecule has 1 N–H and O–H groups in total. The van der Waals surface area contributed by atoms with E-state index in [2.05, 4.69) is 4.90 Å². The molecule has 2 aromatic rings. The lowest BCUT2D eigenvalue weighted by atomic mass is 9.94. The summed E-state index contributed by atoms with van der Waals surface area (Å²) in [6.07, 6.45) is 0.673. The Balaban J connectivity index is 1.72. The molecule has 1 amide bonds. The Labute approximate surface area is 214 Å². The third kappa shape index (κ3) is 5.33. The zero-order valence-electron chi connectivity index (χ0n) is 19.7. The smallest absolute Gasteiger partial charge is 0.295 e. The van der Waals surface area contributed by atoms with Crippen molar-refractivity contribution in [3.63, 3.8) is 0 Å². The summed E-state index contributed by atoms with van der Waals surface area (Å²) in [6, 6.07) is 9.37. The number of aliphatic hydroxyl groups excluding tert-OH is 1. The molecule has 2 aromatic carbocycles. The molecule has 2 saturated heterocycles. The number of benzene rings is 2. The van der Waals surface area contributed by atoms with Crippen LogP contribution in [0.1, 0.15) is 29.2 Å². The normalized spacial score (nSPS) is 20.5. The number of ether oxygens (including phenoxy) is 2. The maximum absolute atomic E-state index is 13.2. The first-order valence-corrected chi connectivity index (χ1v) is 12.3. The fourth-order valence-electron chi connectivity index (χ4n) is 4.60. The SMILES string of the molecule is COc1ccc(/C(O)=C2\C(=O)C(=O)N(CCCN3CCOCC3)C2c2ccc(Cl)c(Cl)c2)c(C)c1. The number of rotatable bonds is 7. The Morgan fingerprint density at radius 1 is 1.09 bits per heavy atom. The Hall–Kier alpha value is -2.58. The van der Waals surface area contributed by atoms with Crippen LogP contribution < -0.4 is 4.74 Å². The van der Waals surface area contributed by atoms with Crippen LogP contribution in [0.25, 0.3) is 5.76 Å². The van der Waals surface area contributed by atoms with Crippen LogP contribution in [-0.2, 0) is 14.3 Å². The number of carbonyl (C=O) groups is 2. The van der Waals surface area contributed by atoms with Gasteiger partial charge in [-0.3, -0.25) is 14.5 Å². The number of Topliss-reactive ketones (excluding diaryl/α,β-unsaturated/α-hetero) is 1. The zero-order chi connectivity index (χ0) is 25.1. The van der Waals surface area contributed by atoms with Crippen LogP contribution >= 0.6 is 23.2 Å². The summed E-state index contributed by atoms with van der Waals surface area (Å²) in [4.78, 5) is 30.2. The van der Waals surface area contributed by atoms with Crippen molar-refractivity contribution in [1.29, 1.82) is 0 Å². The highest BCUT2D eigenvalue weighted by Gasteiger charge is 2.46. The zero-order valence-corrected chi connectivity index (χ0v) is 21.2. The second kappa shape index (κ2) is 11.0. The van der Waals surface area contributed by atoms with Crippen molar-refractivity contribution in [2.24, 2.45) is 0 Å². The van der Waals surface area contributed by atoms with Crippen molar-refractivity contribution in [2.45, 2.75) is 19.4 Å². The number of aryl methyl sites for hydroxylation is 1. The van der Waals surface area contributed by atoms with Gasteiger partial charge in [0.1, 0.15) is 11.5 Å². The van der Waals surface area contributed by atoms with E-state index in [1.165, 1.54) is 4.90 Å². The third-order valence-corrected chi connectivity index (χ3v) is 7.20. The third-order valence-electron chi connectivity index (χ3n) is 6.47. The first-order valence-electron chi connectivity index (χ1n) is 11.5. The van der Waals surface area contributed by atoms with Crippen molar-refractivity contribution in [2.75, 3.05) is 46.5 Å². The van der Waals surface area contributed by atoms with E-state index in [9.17, 15) is 14.7 Å².